The van der Waals surface area contributed by atoms with E-state index in [0.29, 0.717) is 11.3 Å². The number of methoxy groups -OCH3 is 1. The summed E-state index contributed by atoms with van der Waals surface area (Å²) < 4.78 is 36.5. The summed E-state index contributed by atoms with van der Waals surface area (Å²) in [6.45, 7) is -0.522. The molecular weight excluding hydrogens is 468 g/mol. The molecule has 0 amide bonds. The first kappa shape index (κ1) is 22.5. The van der Waals surface area contributed by atoms with E-state index in [2.05, 4.69) is 0 Å². The van der Waals surface area contributed by atoms with E-state index >= 15 is 0 Å². The van der Waals surface area contributed by atoms with Gasteiger partial charge in [0.2, 0.25) is 9.84 Å². The molecule has 8 heteroatoms. The van der Waals surface area contributed by atoms with Gasteiger partial charge >= 0.3 is 5.97 Å². The van der Waals surface area contributed by atoms with Gasteiger partial charge in [0.15, 0.2) is 18.2 Å². The quantitative estimate of drug-likeness (QED) is 0.270. The van der Waals surface area contributed by atoms with Crippen molar-refractivity contribution in [1.29, 1.82) is 0 Å². The number of rotatable bonds is 5. The summed E-state index contributed by atoms with van der Waals surface area (Å²) in [5, 5.41) is 1.72. The number of carbonyl (C=O) groups excluding carboxylic acids is 3. The zero-order valence-corrected chi connectivity index (χ0v) is 19.3. The van der Waals surface area contributed by atoms with Crippen molar-refractivity contribution < 1.29 is 32.3 Å². The largest absolute Gasteiger partial charge is 0.497 e. The molecule has 0 saturated heterocycles. The summed E-state index contributed by atoms with van der Waals surface area (Å²) >= 11 is 0. The Bertz CT molecular complexity index is 1650. The molecule has 0 unspecified atom stereocenters. The molecule has 0 spiro atoms. The minimum atomic E-state index is -3.99. The molecule has 5 rings (SSSR count). The van der Waals surface area contributed by atoms with Crippen LogP contribution in [0.25, 0.3) is 10.8 Å². The van der Waals surface area contributed by atoms with E-state index in [4.69, 9.17) is 9.47 Å². The Labute approximate surface area is 200 Å². The van der Waals surface area contributed by atoms with Crippen molar-refractivity contribution in [2.45, 2.75) is 9.79 Å². The maximum Gasteiger partial charge on any atom is 0.338 e. The first-order chi connectivity index (χ1) is 16.8. The zero-order chi connectivity index (χ0) is 24.7. The third-order valence-electron chi connectivity index (χ3n) is 5.88. The van der Waals surface area contributed by atoms with Gasteiger partial charge in [-0.25, -0.2) is 13.2 Å². The molecule has 7 nitrogen and oxygen atoms in total. The van der Waals surface area contributed by atoms with E-state index in [9.17, 15) is 22.8 Å². The van der Waals surface area contributed by atoms with Crippen molar-refractivity contribution in [1.82, 2.24) is 0 Å². The molecule has 0 saturated carbocycles. The van der Waals surface area contributed by atoms with Crippen LogP contribution >= 0.6 is 0 Å². The molecule has 4 aromatic rings. The van der Waals surface area contributed by atoms with Gasteiger partial charge in [-0.2, -0.15) is 0 Å². The third kappa shape index (κ3) is 3.87. The van der Waals surface area contributed by atoms with Gasteiger partial charge in [0.1, 0.15) is 5.75 Å². The van der Waals surface area contributed by atoms with Crippen LogP contribution in [-0.2, 0) is 14.6 Å². The Hall–Kier alpha value is -4.30. The number of esters is 1. The number of sulfone groups is 1. The van der Waals surface area contributed by atoms with Crippen molar-refractivity contribution >= 4 is 38.1 Å². The van der Waals surface area contributed by atoms with E-state index in [0.717, 1.165) is 16.8 Å². The average molecular weight is 487 g/mol. The number of benzene rings is 4. The predicted octanol–water partition coefficient (Wildman–Crippen LogP) is 4.27. The lowest BCUT2D eigenvalue weighted by atomic mass is 10.0. The van der Waals surface area contributed by atoms with Crippen molar-refractivity contribution in [2.75, 3.05) is 13.7 Å². The van der Waals surface area contributed by atoms with Crippen LogP contribution in [0.5, 0.6) is 5.75 Å². The Morgan fingerprint density at radius 3 is 2.26 bits per heavy atom. The first-order valence-electron chi connectivity index (χ1n) is 10.6. The minimum Gasteiger partial charge on any atom is -0.497 e. The highest BCUT2D eigenvalue weighted by molar-refractivity contribution is 7.91. The van der Waals surface area contributed by atoms with Crippen LogP contribution in [0, 0.1) is 0 Å². The Balaban J connectivity index is 1.36. The number of hydrogen-bond donors (Lipinski definition) is 0. The molecule has 35 heavy (non-hydrogen) atoms. The SMILES string of the molecule is COc1ccc2cc(C(=O)COC(=O)c3ccc4c(c3)S(=O)(=O)c3ccccc3C4=O)ccc2c1. The lowest BCUT2D eigenvalue weighted by Gasteiger charge is -2.19. The van der Waals surface area contributed by atoms with Gasteiger partial charge in [0.05, 0.1) is 22.5 Å². The maximum absolute atomic E-state index is 13.0. The van der Waals surface area contributed by atoms with Gasteiger partial charge in [0, 0.05) is 16.7 Å². The van der Waals surface area contributed by atoms with E-state index in [1.807, 2.05) is 12.1 Å². The average Bonchev–Trinajstić information content (AvgIpc) is 2.89. The van der Waals surface area contributed by atoms with Gasteiger partial charge in [-0.05, 0) is 59.3 Å². The molecule has 0 bridgehead atoms. The zero-order valence-electron chi connectivity index (χ0n) is 18.5. The van der Waals surface area contributed by atoms with Crippen LogP contribution in [0.3, 0.4) is 0 Å². The fourth-order valence-corrected chi connectivity index (χ4v) is 5.71. The molecule has 0 aromatic heterocycles. The smallest absolute Gasteiger partial charge is 0.338 e. The second-order valence-electron chi connectivity index (χ2n) is 7.97. The van der Waals surface area contributed by atoms with Gasteiger partial charge in [-0.15, -0.1) is 0 Å². The third-order valence-corrected chi connectivity index (χ3v) is 7.73. The number of ketones is 2. The number of ether oxygens (including phenoxy) is 2. The van der Waals surface area contributed by atoms with E-state index in [-0.39, 0.29) is 26.5 Å². The van der Waals surface area contributed by atoms with Gasteiger partial charge in [0.25, 0.3) is 0 Å². The Morgan fingerprint density at radius 2 is 1.46 bits per heavy atom. The summed E-state index contributed by atoms with van der Waals surface area (Å²) in [5.41, 5.74) is 0.377. The fourth-order valence-electron chi connectivity index (χ4n) is 4.03. The van der Waals surface area contributed by atoms with Crippen LogP contribution < -0.4 is 4.74 Å². The lowest BCUT2D eigenvalue weighted by Crippen LogP contribution is -2.21. The first-order valence-corrected chi connectivity index (χ1v) is 12.1. The molecule has 174 valence electrons. The van der Waals surface area contributed by atoms with Crippen LogP contribution in [0.1, 0.15) is 36.6 Å². The van der Waals surface area contributed by atoms with E-state index in [1.165, 1.54) is 30.3 Å². The van der Waals surface area contributed by atoms with Crippen LogP contribution in [0.4, 0.5) is 0 Å². The van der Waals surface area contributed by atoms with Crippen molar-refractivity contribution in [2.24, 2.45) is 0 Å². The number of fused-ring (bicyclic) bond motifs is 3. The number of Topliss-reactive ketones (excluding diaryl/α,β-unsaturated/α-hetero) is 1. The topological polar surface area (TPSA) is 104 Å². The highest BCUT2D eigenvalue weighted by Crippen LogP contribution is 2.34. The molecular formula is C27H18O7S. The number of hydrogen-bond acceptors (Lipinski definition) is 7. The summed E-state index contributed by atoms with van der Waals surface area (Å²) in [6, 6.07) is 20.2. The molecule has 0 radical (unpaired) electrons. The van der Waals surface area contributed by atoms with Crippen molar-refractivity contribution in [3.63, 3.8) is 0 Å². The van der Waals surface area contributed by atoms with Gasteiger partial charge < -0.3 is 9.47 Å². The minimum absolute atomic E-state index is 0.0101. The van der Waals surface area contributed by atoms with E-state index < -0.39 is 34.0 Å². The second-order valence-corrected chi connectivity index (χ2v) is 9.85. The molecule has 1 aliphatic rings. The standard InChI is InChI=1S/C27H18O7S/c1-33-20-10-8-16-12-18(7-6-17(16)13-20)23(28)15-34-27(30)19-9-11-22-25(14-19)35(31,32)24-5-3-2-4-21(24)26(22)29/h2-14H,15H2,1H3. The molecule has 4 aromatic carbocycles. The summed E-state index contributed by atoms with van der Waals surface area (Å²) in [6.07, 6.45) is 0. The van der Waals surface area contributed by atoms with Crippen LogP contribution in [0.15, 0.2) is 88.7 Å². The normalized spacial score (nSPS) is 13.6. The summed E-state index contributed by atoms with van der Waals surface area (Å²) in [4.78, 5) is 37.6. The molecule has 0 fully saturated rings. The Morgan fingerprint density at radius 1 is 0.771 bits per heavy atom. The summed E-state index contributed by atoms with van der Waals surface area (Å²) in [7, 11) is -2.42. The lowest BCUT2D eigenvalue weighted by molar-refractivity contribution is 0.0474. The Kier molecular flexibility index (Phi) is 5.45. The van der Waals surface area contributed by atoms with Crippen molar-refractivity contribution in [3.8, 4) is 5.75 Å². The second kappa shape index (κ2) is 8.48. The highest BCUT2D eigenvalue weighted by Gasteiger charge is 2.35. The molecule has 1 aliphatic heterocycles. The molecule has 1 heterocycles. The van der Waals surface area contributed by atoms with Crippen LogP contribution in [0.2, 0.25) is 0 Å². The van der Waals surface area contributed by atoms with Gasteiger partial charge in [-0.3, -0.25) is 9.59 Å². The monoisotopic (exact) mass is 486 g/mol. The van der Waals surface area contributed by atoms with Crippen LogP contribution in [-0.4, -0.2) is 39.7 Å². The molecule has 0 atom stereocenters. The molecule has 0 N–H and O–H groups in total. The highest BCUT2D eigenvalue weighted by atomic mass is 32.2. The fraction of sp³-hybridized carbons (Fsp3) is 0.0741. The van der Waals surface area contributed by atoms with E-state index in [1.54, 1.807) is 37.4 Å². The maximum atomic E-state index is 13.0. The van der Waals surface area contributed by atoms with Gasteiger partial charge in [-0.1, -0.05) is 30.3 Å². The molecule has 0 aliphatic carbocycles. The predicted molar refractivity (Wildman–Crippen MR) is 127 cm³/mol. The summed E-state index contributed by atoms with van der Waals surface area (Å²) in [5.74, 6) is -1.02. The number of carbonyl (C=O) groups is 3. The van der Waals surface area contributed by atoms with Crippen molar-refractivity contribution in [3.05, 3.63) is 101 Å².